The lowest BCUT2D eigenvalue weighted by Gasteiger charge is -2.34. The van der Waals surface area contributed by atoms with Gasteiger partial charge in [0.15, 0.2) is 6.61 Å². The second kappa shape index (κ2) is 8.52. The van der Waals surface area contributed by atoms with E-state index in [-0.39, 0.29) is 18.3 Å². The molecule has 1 amide bonds. The number of ether oxygens (including phenoxy) is 1. The van der Waals surface area contributed by atoms with Crippen LogP contribution >= 0.6 is 0 Å². The standard InChI is InChI=1S/C20H22F3N3O2/c1-25-10-12-26(13-11-25)17-6-4-16(5-7-17)24-19(27)14-28-18-8-2-15(3-9-18)20(21,22)23/h2-9H,10-14H2,1H3,(H,24,27). The third kappa shape index (κ3) is 5.39. The number of benzene rings is 2. The largest absolute Gasteiger partial charge is 0.484 e. The van der Waals surface area contributed by atoms with E-state index < -0.39 is 11.7 Å². The van der Waals surface area contributed by atoms with Gasteiger partial charge in [-0.05, 0) is 55.6 Å². The van der Waals surface area contributed by atoms with Crippen LogP contribution < -0.4 is 15.0 Å². The van der Waals surface area contributed by atoms with Gasteiger partial charge < -0.3 is 19.9 Å². The number of hydrogen-bond donors (Lipinski definition) is 1. The summed E-state index contributed by atoms with van der Waals surface area (Å²) in [7, 11) is 2.10. The number of nitrogens with zero attached hydrogens (tertiary/aromatic N) is 2. The van der Waals surface area contributed by atoms with Gasteiger partial charge in [0, 0.05) is 37.6 Å². The zero-order chi connectivity index (χ0) is 20.1. The van der Waals surface area contributed by atoms with Crippen molar-refractivity contribution in [2.24, 2.45) is 0 Å². The van der Waals surface area contributed by atoms with Crippen molar-refractivity contribution < 1.29 is 22.7 Å². The smallest absolute Gasteiger partial charge is 0.416 e. The van der Waals surface area contributed by atoms with Crippen molar-refractivity contribution in [1.29, 1.82) is 0 Å². The zero-order valence-corrected chi connectivity index (χ0v) is 15.5. The van der Waals surface area contributed by atoms with Gasteiger partial charge in [0.2, 0.25) is 0 Å². The molecular formula is C20H22F3N3O2. The average Bonchev–Trinajstić information content (AvgIpc) is 2.67. The van der Waals surface area contributed by atoms with Gasteiger partial charge in [-0.25, -0.2) is 0 Å². The van der Waals surface area contributed by atoms with E-state index in [4.69, 9.17) is 4.74 Å². The Morgan fingerprint density at radius 1 is 1.00 bits per heavy atom. The molecule has 0 spiro atoms. The number of carbonyl (C=O) groups is 1. The highest BCUT2D eigenvalue weighted by atomic mass is 19.4. The van der Waals surface area contributed by atoms with Gasteiger partial charge in [-0.15, -0.1) is 0 Å². The fourth-order valence-corrected chi connectivity index (χ4v) is 2.91. The topological polar surface area (TPSA) is 44.8 Å². The van der Waals surface area contributed by atoms with Gasteiger partial charge in [0.05, 0.1) is 5.56 Å². The van der Waals surface area contributed by atoms with Crippen LogP contribution in [0.5, 0.6) is 5.75 Å². The van der Waals surface area contributed by atoms with E-state index in [1.54, 1.807) is 0 Å². The van der Waals surface area contributed by atoms with E-state index >= 15 is 0 Å². The van der Waals surface area contributed by atoms with E-state index in [0.29, 0.717) is 5.69 Å². The number of piperazine rings is 1. The molecule has 0 unspecified atom stereocenters. The summed E-state index contributed by atoms with van der Waals surface area (Å²) in [5.74, 6) is -0.180. The number of likely N-dealkylation sites (N-methyl/N-ethyl adjacent to an activating group) is 1. The molecule has 2 aromatic rings. The minimum Gasteiger partial charge on any atom is -0.484 e. The first-order valence-electron chi connectivity index (χ1n) is 8.95. The van der Waals surface area contributed by atoms with Crippen LogP contribution in [-0.4, -0.2) is 50.6 Å². The van der Waals surface area contributed by atoms with Gasteiger partial charge in [-0.2, -0.15) is 13.2 Å². The second-order valence-electron chi connectivity index (χ2n) is 6.70. The van der Waals surface area contributed by atoms with Crippen LogP contribution in [0, 0.1) is 0 Å². The van der Waals surface area contributed by atoms with Gasteiger partial charge in [-0.1, -0.05) is 0 Å². The number of nitrogens with one attached hydrogen (secondary N) is 1. The molecule has 1 aliphatic rings. The van der Waals surface area contributed by atoms with E-state index in [2.05, 4.69) is 22.2 Å². The first-order valence-corrected chi connectivity index (χ1v) is 8.95. The van der Waals surface area contributed by atoms with Crippen molar-refractivity contribution in [3.63, 3.8) is 0 Å². The Bertz CT molecular complexity index is 784. The average molecular weight is 393 g/mol. The maximum Gasteiger partial charge on any atom is 0.416 e. The number of alkyl halides is 3. The molecule has 3 rings (SSSR count). The molecule has 0 saturated carbocycles. The van der Waals surface area contributed by atoms with Crippen LogP contribution in [0.2, 0.25) is 0 Å². The molecule has 0 atom stereocenters. The third-order valence-electron chi connectivity index (χ3n) is 4.57. The van der Waals surface area contributed by atoms with Crippen LogP contribution in [0.25, 0.3) is 0 Å². The van der Waals surface area contributed by atoms with Gasteiger partial charge >= 0.3 is 6.18 Å². The quantitative estimate of drug-likeness (QED) is 0.845. The number of anilines is 2. The zero-order valence-electron chi connectivity index (χ0n) is 15.5. The molecule has 1 saturated heterocycles. The highest BCUT2D eigenvalue weighted by molar-refractivity contribution is 5.92. The number of amides is 1. The highest BCUT2D eigenvalue weighted by Gasteiger charge is 2.30. The number of rotatable bonds is 5. The second-order valence-corrected chi connectivity index (χ2v) is 6.70. The van der Waals surface area contributed by atoms with Crippen LogP contribution in [0.3, 0.4) is 0 Å². The molecule has 0 radical (unpaired) electrons. The molecule has 8 heteroatoms. The highest BCUT2D eigenvalue weighted by Crippen LogP contribution is 2.30. The molecule has 0 aromatic heterocycles. The summed E-state index contributed by atoms with van der Waals surface area (Å²) in [6.45, 7) is 3.66. The van der Waals surface area contributed by atoms with Crippen molar-refractivity contribution in [1.82, 2.24) is 4.90 Å². The first-order chi connectivity index (χ1) is 13.3. The molecule has 2 aromatic carbocycles. The molecule has 1 N–H and O–H groups in total. The van der Waals surface area contributed by atoms with Crippen LogP contribution in [-0.2, 0) is 11.0 Å². The summed E-state index contributed by atoms with van der Waals surface area (Å²) in [5.41, 5.74) is 0.982. The maximum absolute atomic E-state index is 12.5. The third-order valence-corrected chi connectivity index (χ3v) is 4.57. The molecule has 1 fully saturated rings. The van der Waals surface area contributed by atoms with E-state index in [1.807, 2.05) is 24.3 Å². The Morgan fingerprint density at radius 2 is 1.61 bits per heavy atom. The molecule has 5 nitrogen and oxygen atoms in total. The van der Waals surface area contributed by atoms with Crippen molar-refractivity contribution in [2.75, 3.05) is 50.1 Å². The molecule has 0 bridgehead atoms. The summed E-state index contributed by atoms with van der Waals surface area (Å²) in [6.07, 6.45) is -4.40. The van der Waals surface area contributed by atoms with Crippen LogP contribution in [0.15, 0.2) is 48.5 Å². The molecule has 1 aliphatic heterocycles. The van der Waals surface area contributed by atoms with Gasteiger partial charge in [0.1, 0.15) is 5.75 Å². The molecule has 1 heterocycles. The van der Waals surface area contributed by atoms with Crippen molar-refractivity contribution in [2.45, 2.75) is 6.18 Å². The molecule has 28 heavy (non-hydrogen) atoms. The number of halogens is 3. The summed E-state index contributed by atoms with van der Waals surface area (Å²) < 4.78 is 42.8. The van der Waals surface area contributed by atoms with E-state index in [1.165, 1.54) is 12.1 Å². The maximum atomic E-state index is 12.5. The Balaban J connectivity index is 1.48. The SMILES string of the molecule is CN1CCN(c2ccc(NC(=O)COc3ccc(C(F)(F)F)cc3)cc2)CC1. The molecular weight excluding hydrogens is 371 g/mol. The first kappa shape index (κ1) is 20.0. The van der Waals surface area contributed by atoms with Crippen molar-refractivity contribution in [3.8, 4) is 5.75 Å². The minimum atomic E-state index is -4.40. The normalized spacial score (nSPS) is 15.4. The number of hydrogen-bond acceptors (Lipinski definition) is 4. The summed E-state index contributed by atoms with van der Waals surface area (Å²) >= 11 is 0. The summed E-state index contributed by atoms with van der Waals surface area (Å²) in [6, 6.07) is 11.8. The van der Waals surface area contributed by atoms with Crippen molar-refractivity contribution in [3.05, 3.63) is 54.1 Å². The fraction of sp³-hybridized carbons (Fsp3) is 0.350. The van der Waals surface area contributed by atoms with Crippen LogP contribution in [0.4, 0.5) is 24.5 Å². The van der Waals surface area contributed by atoms with Crippen LogP contribution in [0.1, 0.15) is 5.56 Å². The Kier molecular flexibility index (Phi) is 6.08. The Labute approximate surface area is 161 Å². The fourth-order valence-electron chi connectivity index (χ4n) is 2.91. The Morgan fingerprint density at radius 3 is 2.18 bits per heavy atom. The van der Waals surface area contributed by atoms with Gasteiger partial charge in [0.25, 0.3) is 5.91 Å². The minimum absolute atomic E-state index is 0.202. The Hall–Kier alpha value is -2.74. The monoisotopic (exact) mass is 393 g/mol. The lowest BCUT2D eigenvalue weighted by atomic mass is 10.2. The molecule has 150 valence electrons. The summed E-state index contributed by atoms with van der Waals surface area (Å²) in [5, 5.41) is 2.71. The lowest BCUT2D eigenvalue weighted by Crippen LogP contribution is -2.44. The predicted molar refractivity (Wildman–Crippen MR) is 102 cm³/mol. The molecule has 0 aliphatic carbocycles. The van der Waals surface area contributed by atoms with Crippen molar-refractivity contribution >= 4 is 17.3 Å². The van der Waals surface area contributed by atoms with Gasteiger partial charge in [-0.3, -0.25) is 4.79 Å². The predicted octanol–water partition coefficient (Wildman–Crippen LogP) is 3.47. The van der Waals surface area contributed by atoms with E-state index in [0.717, 1.165) is 44.0 Å². The summed E-state index contributed by atoms with van der Waals surface area (Å²) in [4.78, 5) is 16.6. The van der Waals surface area contributed by atoms with E-state index in [9.17, 15) is 18.0 Å². The number of carbonyl (C=O) groups excluding carboxylic acids is 1. The lowest BCUT2D eigenvalue weighted by molar-refractivity contribution is -0.137.